The molecule has 5 heteroatoms. The molecule has 88 valence electrons. The average Bonchev–Trinajstić information content (AvgIpc) is 2.74. The molecule has 0 unspecified atom stereocenters. The van der Waals surface area contributed by atoms with Gasteiger partial charge < -0.3 is 10.2 Å². The van der Waals surface area contributed by atoms with E-state index in [9.17, 15) is 0 Å². The van der Waals surface area contributed by atoms with Crippen LogP contribution in [0.25, 0.3) is 0 Å². The van der Waals surface area contributed by atoms with Crippen molar-refractivity contribution in [3.8, 4) is 0 Å². The quantitative estimate of drug-likeness (QED) is 0.858. The van der Waals surface area contributed by atoms with Gasteiger partial charge in [0, 0.05) is 13.1 Å². The second-order valence-electron chi connectivity index (χ2n) is 4.40. The zero-order valence-electron chi connectivity index (χ0n) is 9.49. The molecule has 2 heterocycles. The van der Waals surface area contributed by atoms with Crippen LogP contribution in [0.1, 0.15) is 12.1 Å². The molecule has 0 radical (unpaired) electrons. The van der Waals surface area contributed by atoms with E-state index in [0.717, 1.165) is 37.8 Å². The van der Waals surface area contributed by atoms with Gasteiger partial charge in [0.05, 0.1) is 5.69 Å². The Morgan fingerprint density at radius 2 is 2.38 bits per heavy atom. The predicted octanol–water partition coefficient (Wildman–Crippen LogP) is 1.17. The van der Waals surface area contributed by atoms with Gasteiger partial charge in [-0.3, -0.25) is 0 Å². The van der Waals surface area contributed by atoms with Crippen molar-refractivity contribution < 1.29 is 0 Å². The molecule has 16 heavy (non-hydrogen) atoms. The lowest BCUT2D eigenvalue weighted by molar-refractivity contribution is 0.274. The number of hydrogen-bond acceptors (Lipinski definition) is 4. The number of nitrogens with zero attached hydrogens (tertiary/aromatic N) is 3. The molecule has 1 aromatic heterocycles. The third-order valence-electron chi connectivity index (χ3n) is 2.85. The van der Waals surface area contributed by atoms with Crippen LogP contribution >= 0.6 is 11.6 Å². The summed E-state index contributed by atoms with van der Waals surface area (Å²) in [6, 6.07) is 3.72. The molecule has 2 rings (SSSR count). The highest BCUT2D eigenvalue weighted by atomic mass is 35.5. The number of nitrogens with one attached hydrogen (secondary N) is 1. The molecule has 0 aromatic carbocycles. The Balaban J connectivity index is 1.81. The molecule has 0 saturated carbocycles. The summed E-state index contributed by atoms with van der Waals surface area (Å²) < 4.78 is 0. The minimum absolute atomic E-state index is 0.450. The van der Waals surface area contributed by atoms with Crippen LogP contribution in [0.5, 0.6) is 0 Å². The zero-order chi connectivity index (χ0) is 11.4. The lowest BCUT2D eigenvalue weighted by atomic mass is 10.1. The van der Waals surface area contributed by atoms with Gasteiger partial charge in [-0.15, -0.1) is 5.10 Å². The largest absolute Gasteiger partial charge is 0.316 e. The molecule has 1 N–H and O–H groups in total. The lowest BCUT2D eigenvalue weighted by Crippen LogP contribution is -2.27. The van der Waals surface area contributed by atoms with E-state index in [1.54, 1.807) is 6.07 Å². The predicted molar refractivity (Wildman–Crippen MR) is 64.4 cm³/mol. The Labute approximate surface area is 101 Å². The van der Waals surface area contributed by atoms with Gasteiger partial charge in [0.1, 0.15) is 0 Å². The SMILES string of the molecule is CN(Cc1ccc(Cl)nn1)C[C@H]1CCNC1. The fourth-order valence-corrected chi connectivity index (χ4v) is 2.18. The summed E-state index contributed by atoms with van der Waals surface area (Å²) in [6.07, 6.45) is 1.27. The van der Waals surface area contributed by atoms with Crippen LogP contribution in [0.3, 0.4) is 0 Å². The summed E-state index contributed by atoms with van der Waals surface area (Å²) in [7, 11) is 2.12. The van der Waals surface area contributed by atoms with Crippen molar-refractivity contribution in [3.05, 3.63) is 23.0 Å². The molecule has 1 aliphatic rings. The van der Waals surface area contributed by atoms with Crippen molar-refractivity contribution in [2.24, 2.45) is 5.92 Å². The molecular weight excluding hydrogens is 224 g/mol. The molecule has 1 aromatic rings. The normalized spacial score (nSPS) is 20.6. The maximum absolute atomic E-state index is 5.69. The van der Waals surface area contributed by atoms with Crippen molar-refractivity contribution in [2.45, 2.75) is 13.0 Å². The van der Waals surface area contributed by atoms with E-state index in [1.807, 2.05) is 6.07 Å². The van der Waals surface area contributed by atoms with E-state index in [1.165, 1.54) is 6.42 Å². The highest BCUT2D eigenvalue weighted by molar-refractivity contribution is 6.29. The topological polar surface area (TPSA) is 41.1 Å². The lowest BCUT2D eigenvalue weighted by Gasteiger charge is -2.19. The van der Waals surface area contributed by atoms with Crippen molar-refractivity contribution in [2.75, 3.05) is 26.7 Å². The minimum Gasteiger partial charge on any atom is -0.316 e. The standard InChI is InChI=1S/C11H17ClN4/c1-16(7-9-4-5-13-6-9)8-10-2-3-11(12)15-14-10/h2-3,9,13H,4-8H2,1H3/t9-/m0/s1. The number of halogens is 1. The molecule has 1 aliphatic heterocycles. The highest BCUT2D eigenvalue weighted by Gasteiger charge is 2.16. The molecule has 0 spiro atoms. The number of hydrogen-bond donors (Lipinski definition) is 1. The average molecular weight is 241 g/mol. The highest BCUT2D eigenvalue weighted by Crippen LogP contribution is 2.10. The van der Waals surface area contributed by atoms with E-state index >= 15 is 0 Å². The Morgan fingerprint density at radius 3 is 3.00 bits per heavy atom. The van der Waals surface area contributed by atoms with Crippen LogP contribution < -0.4 is 5.32 Å². The van der Waals surface area contributed by atoms with E-state index in [2.05, 4.69) is 27.5 Å². The zero-order valence-corrected chi connectivity index (χ0v) is 10.2. The summed E-state index contributed by atoms with van der Waals surface area (Å²) >= 11 is 5.69. The Kier molecular flexibility index (Phi) is 4.09. The van der Waals surface area contributed by atoms with Crippen molar-refractivity contribution >= 4 is 11.6 Å². The van der Waals surface area contributed by atoms with Gasteiger partial charge in [-0.1, -0.05) is 11.6 Å². The smallest absolute Gasteiger partial charge is 0.151 e. The fraction of sp³-hybridized carbons (Fsp3) is 0.636. The van der Waals surface area contributed by atoms with Gasteiger partial charge in [-0.2, -0.15) is 5.10 Å². The summed E-state index contributed by atoms with van der Waals surface area (Å²) in [5, 5.41) is 11.7. The monoisotopic (exact) mass is 240 g/mol. The third kappa shape index (κ3) is 3.40. The van der Waals surface area contributed by atoms with E-state index < -0.39 is 0 Å². The minimum atomic E-state index is 0.450. The summed E-state index contributed by atoms with van der Waals surface area (Å²) in [4.78, 5) is 2.29. The molecule has 1 saturated heterocycles. The second kappa shape index (κ2) is 5.57. The van der Waals surface area contributed by atoms with E-state index in [0.29, 0.717) is 5.15 Å². The van der Waals surface area contributed by atoms with Gasteiger partial charge in [-0.05, 0) is 44.6 Å². The van der Waals surface area contributed by atoms with Crippen LogP contribution in [-0.2, 0) is 6.54 Å². The molecule has 1 atom stereocenters. The van der Waals surface area contributed by atoms with Gasteiger partial charge in [0.15, 0.2) is 5.15 Å². The number of rotatable bonds is 4. The molecular formula is C11H17ClN4. The van der Waals surface area contributed by atoms with E-state index in [4.69, 9.17) is 11.6 Å². The summed E-state index contributed by atoms with van der Waals surface area (Å²) in [6.45, 7) is 4.23. The Hall–Kier alpha value is -0.710. The van der Waals surface area contributed by atoms with Gasteiger partial charge in [0.2, 0.25) is 0 Å². The van der Waals surface area contributed by atoms with Crippen molar-refractivity contribution in [1.82, 2.24) is 20.4 Å². The van der Waals surface area contributed by atoms with Gasteiger partial charge >= 0.3 is 0 Å². The molecule has 0 bridgehead atoms. The third-order valence-corrected chi connectivity index (χ3v) is 3.05. The first kappa shape index (κ1) is 11.8. The second-order valence-corrected chi connectivity index (χ2v) is 4.79. The van der Waals surface area contributed by atoms with Crippen LogP contribution in [0.4, 0.5) is 0 Å². The van der Waals surface area contributed by atoms with E-state index in [-0.39, 0.29) is 0 Å². The molecule has 0 aliphatic carbocycles. The molecule has 4 nitrogen and oxygen atoms in total. The summed E-state index contributed by atoms with van der Waals surface area (Å²) in [5.41, 5.74) is 0.970. The van der Waals surface area contributed by atoms with Crippen molar-refractivity contribution in [3.63, 3.8) is 0 Å². The summed E-state index contributed by atoms with van der Waals surface area (Å²) in [5.74, 6) is 0.769. The van der Waals surface area contributed by atoms with Gasteiger partial charge in [0.25, 0.3) is 0 Å². The maximum atomic E-state index is 5.69. The maximum Gasteiger partial charge on any atom is 0.151 e. The molecule has 0 amide bonds. The first-order valence-electron chi connectivity index (χ1n) is 5.61. The first-order chi connectivity index (χ1) is 7.74. The van der Waals surface area contributed by atoms with Gasteiger partial charge in [-0.25, -0.2) is 0 Å². The van der Waals surface area contributed by atoms with Crippen LogP contribution in [-0.4, -0.2) is 41.8 Å². The number of aromatic nitrogens is 2. The van der Waals surface area contributed by atoms with Crippen LogP contribution in [0, 0.1) is 5.92 Å². The molecule has 1 fully saturated rings. The van der Waals surface area contributed by atoms with Crippen molar-refractivity contribution in [1.29, 1.82) is 0 Å². The first-order valence-corrected chi connectivity index (χ1v) is 5.99. The van der Waals surface area contributed by atoms with Crippen LogP contribution in [0.2, 0.25) is 5.15 Å². The Morgan fingerprint density at radius 1 is 1.50 bits per heavy atom. The Bertz CT molecular complexity index is 321. The fourth-order valence-electron chi connectivity index (χ4n) is 2.08. The van der Waals surface area contributed by atoms with Crippen LogP contribution in [0.15, 0.2) is 12.1 Å².